The van der Waals surface area contributed by atoms with Crippen LogP contribution in [0, 0.1) is 12.8 Å². The molecule has 1 amide bonds. The molecule has 1 aliphatic rings. The van der Waals surface area contributed by atoms with Crippen LogP contribution in [0.15, 0.2) is 59.1 Å². The highest BCUT2D eigenvalue weighted by molar-refractivity contribution is 5.78. The van der Waals surface area contributed by atoms with E-state index < -0.39 is 0 Å². The van der Waals surface area contributed by atoms with Gasteiger partial charge >= 0.3 is 0 Å². The Morgan fingerprint density at radius 1 is 1.10 bits per heavy atom. The third-order valence-electron chi connectivity index (χ3n) is 5.48. The number of aryl methyl sites for hydroxylation is 1. The lowest BCUT2D eigenvalue weighted by Crippen LogP contribution is -2.40. The van der Waals surface area contributed by atoms with Crippen molar-refractivity contribution in [1.29, 1.82) is 0 Å². The second kappa shape index (κ2) is 9.01. The fourth-order valence-corrected chi connectivity index (χ4v) is 3.76. The highest BCUT2D eigenvalue weighted by Gasteiger charge is 2.25. The Labute approximate surface area is 170 Å². The van der Waals surface area contributed by atoms with Gasteiger partial charge in [0.15, 0.2) is 0 Å². The summed E-state index contributed by atoms with van der Waals surface area (Å²) in [5, 5.41) is 7.00. The number of nitrogens with zero attached hydrogens (tertiary/aromatic N) is 3. The van der Waals surface area contributed by atoms with Crippen molar-refractivity contribution in [3.63, 3.8) is 0 Å². The predicted molar refractivity (Wildman–Crippen MR) is 111 cm³/mol. The zero-order chi connectivity index (χ0) is 20.1. The molecular weight excluding hydrogens is 364 g/mol. The number of carbonyl (C=O) groups is 1. The van der Waals surface area contributed by atoms with E-state index in [2.05, 4.69) is 44.6 Å². The number of rotatable bonds is 6. The lowest BCUT2D eigenvalue weighted by molar-refractivity contribution is -0.126. The first-order valence-electron chi connectivity index (χ1n) is 10.1. The van der Waals surface area contributed by atoms with Crippen LogP contribution in [0.25, 0.3) is 11.4 Å². The van der Waals surface area contributed by atoms with Crippen molar-refractivity contribution < 1.29 is 9.32 Å². The number of benzene rings is 2. The maximum Gasteiger partial charge on any atom is 0.246 e. The Bertz CT molecular complexity index is 946. The summed E-state index contributed by atoms with van der Waals surface area (Å²) in [4.78, 5) is 19.4. The van der Waals surface area contributed by atoms with E-state index in [-0.39, 0.29) is 18.4 Å². The summed E-state index contributed by atoms with van der Waals surface area (Å²) in [7, 11) is 0. The zero-order valence-electron chi connectivity index (χ0n) is 16.7. The topological polar surface area (TPSA) is 71.3 Å². The van der Waals surface area contributed by atoms with Crippen LogP contribution in [0.4, 0.5) is 0 Å². The number of likely N-dealkylation sites (tertiary alicyclic amines) is 1. The van der Waals surface area contributed by atoms with Gasteiger partial charge in [-0.05, 0) is 44.0 Å². The minimum atomic E-state index is 0.0424. The molecule has 150 valence electrons. The SMILES string of the molecule is Cc1ccccc1-c1noc(CNC(=O)C2CCN(Cc3ccccc3)CC2)n1. The Morgan fingerprint density at radius 2 is 1.83 bits per heavy atom. The van der Waals surface area contributed by atoms with E-state index in [0.717, 1.165) is 43.6 Å². The van der Waals surface area contributed by atoms with Crippen molar-refractivity contribution in [2.45, 2.75) is 32.9 Å². The number of amides is 1. The molecule has 0 radical (unpaired) electrons. The van der Waals surface area contributed by atoms with Crippen molar-refractivity contribution in [1.82, 2.24) is 20.4 Å². The molecule has 1 fully saturated rings. The summed E-state index contributed by atoms with van der Waals surface area (Å²) in [6, 6.07) is 18.4. The molecule has 29 heavy (non-hydrogen) atoms. The van der Waals surface area contributed by atoms with E-state index >= 15 is 0 Å². The van der Waals surface area contributed by atoms with Gasteiger partial charge in [0.05, 0.1) is 6.54 Å². The molecular formula is C23H26N4O2. The first-order valence-corrected chi connectivity index (χ1v) is 10.1. The van der Waals surface area contributed by atoms with Crippen LogP contribution in [-0.4, -0.2) is 34.0 Å². The maximum absolute atomic E-state index is 12.5. The molecule has 4 rings (SSSR count). The number of nitrogens with one attached hydrogen (secondary N) is 1. The summed E-state index contributed by atoms with van der Waals surface area (Å²) in [6.07, 6.45) is 1.74. The Hall–Kier alpha value is -2.99. The van der Waals surface area contributed by atoms with Gasteiger partial charge in [0.25, 0.3) is 0 Å². The van der Waals surface area contributed by atoms with Crippen molar-refractivity contribution in [3.8, 4) is 11.4 Å². The minimum Gasteiger partial charge on any atom is -0.347 e. The van der Waals surface area contributed by atoms with Gasteiger partial charge in [0, 0.05) is 18.0 Å². The van der Waals surface area contributed by atoms with Crippen molar-refractivity contribution in [2.75, 3.05) is 13.1 Å². The van der Waals surface area contributed by atoms with E-state index in [1.165, 1.54) is 5.56 Å². The average molecular weight is 390 g/mol. The fourth-order valence-electron chi connectivity index (χ4n) is 3.76. The zero-order valence-corrected chi connectivity index (χ0v) is 16.7. The maximum atomic E-state index is 12.5. The fraction of sp³-hybridized carbons (Fsp3) is 0.348. The van der Waals surface area contributed by atoms with Gasteiger partial charge in [-0.3, -0.25) is 9.69 Å². The van der Waals surface area contributed by atoms with Crippen LogP contribution in [0.5, 0.6) is 0 Å². The van der Waals surface area contributed by atoms with Crippen LogP contribution in [0.2, 0.25) is 0 Å². The van der Waals surface area contributed by atoms with E-state index in [0.29, 0.717) is 11.7 Å². The average Bonchev–Trinajstić information content (AvgIpc) is 3.22. The standard InChI is InChI=1S/C23H26N4O2/c1-17-7-5-6-10-20(17)22-25-21(29-26-22)15-24-23(28)19-11-13-27(14-12-19)16-18-8-3-2-4-9-18/h2-10,19H,11-16H2,1H3,(H,24,28). The first kappa shape index (κ1) is 19.3. The Morgan fingerprint density at radius 3 is 2.59 bits per heavy atom. The molecule has 0 bridgehead atoms. The van der Waals surface area contributed by atoms with E-state index in [9.17, 15) is 4.79 Å². The predicted octanol–water partition coefficient (Wildman–Crippen LogP) is 3.57. The molecule has 0 spiro atoms. The van der Waals surface area contributed by atoms with Gasteiger partial charge in [-0.25, -0.2) is 0 Å². The molecule has 6 heteroatoms. The van der Waals surface area contributed by atoms with E-state index in [4.69, 9.17) is 4.52 Å². The molecule has 3 aromatic rings. The summed E-state index contributed by atoms with van der Waals surface area (Å²) in [6.45, 7) is 5.09. The molecule has 6 nitrogen and oxygen atoms in total. The van der Waals surface area contributed by atoms with Crippen molar-refractivity contribution in [3.05, 3.63) is 71.6 Å². The molecule has 2 aromatic carbocycles. The van der Waals surface area contributed by atoms with Crippen LogP contribution in [-0.2, 0) is 17.9 Å². The number of hydrogen-bond acceptors (Lipinski definition) is 5. The molecule has 0 aliphatic carbocycles. The summed E-state index contributed by atoms with van der Waals surface area (Å²) >= 11 is 0. The number of hydrogen-bond donors (Lipinski definition) is 1. The van der Waals surface area contributed by atoms with Gasteiger partial charge in [-0.1, -0.05) is 59.8 Å². The number of aromatic nitrogens is 2. The molecule has 1 aliphatic heterocycles. The lowest BCUT2D eigenvalue weighted by atomic mass is 9.95. The molecule has 0 unspecified atom stereocenters. The van der Waals surface area contributed by atoms with Crippen LogP contribution in [0.3, 0.4) is 0 Å². The lowest BCUT2D eigenvalue weighted by Gasteiger charge is -2.31. The third kappa shape index (κ3) is 4.90. The monoisotopic (exact) mass is 390 g/mol. The molecule has 0 saturated carbocycles. The second-order valence-electron chi connectivity index (χ2n) is 7.58. The van der Waals surface area contributed by atoms with E-state index in [1.807, 2.05) is 37.3 Å². The molecule has 1 aromatic heterocycles. The molecule has 2 heterocycles. The van der Waals surface area contributed by atoms with Gasteiger partial charge in [0.2, 0.25) is 17.6 Å². The molecule has 0 atom stereocenters. The normalized spacial score (nSPS) is 15.3. The van der Waals surface area contributed by atoms with Crippen LogP contribution in [0.1, 0.15) is 29.9 Å². The number of carbonyl (C=O) groups excluding carboxylic acids is 1. The minimum absolute atomic E-state index is 0.0424. The largest absolute Gasteiger partial charge is 0.347 e. The van der Waals surface area contributed by atoms with Gasteiger partial charge < -0.3 is 9.84 Å². The summed E-state index contributed by atoms with van der Waals surface area (Å²) in [5.41, 5.74) is 3.35. The van der Waals surface area contributed by atoms with Crippen LogP contribution >= 0.6 is 0 Å². The van der Waals surface area contributed by atoms with E-state index in [1.54, 1.807) is 0 Å². The Kier molecular flexibility index (Phi) is 6.00. The molecule has 1 N–H and O–H groups in total. The van der Waals surface area contributed by atoms with Crippen molar-refractivity contribution >= 4 is 5.91 Å². The van der Waals surface area contributed by atoms with Gasteiger partial charge in [0.1, 0.15) is 0 Å². The third-order valence-corrected chi connectivity index (χ3v) is 5.48. The summed E-state index contributed by atoms with van der Waals surface area (Å²) < 4.78 is 5.31. The van der Waals surface area contributed by atoms with Crippen molar-refractivity contribution in [2.24, 2.45) is 5.92 Å². The van der Waals surface area contributed by atoms with Crippen LogP contribution < -0.4 is 5.32 Å². The van der Waals surface area contributed by atoms with Gasteiger partial charge in [-0.2, -0.15) is 4.98 Å². The highest BCUT2D eigenvalue weighted by atomic mass is 16.5. The first-order chi connectivity index (χ1) is 14.2. The highest BCUT2D eigenvalue weighted by Crippen LogP contribution is 2.21. The summed E-state index contributed by atoms with van der Waals surface area (Å²) in [5.74, 6) is 1.10. The van der Waals surface area contributed by atoms with Gasteiger partial charge in [-0.15, -0.1) is 0 Å². The second-order valence-corrected chi connectivity index (χ2v) is 7.58. The quantitative estimate of drug-likeness (QED) is 0.697. The number of piperidine rings is 1. The Balaban J connectivity index is 1.25. The molecule has 1 saturated heterocycles. The smallest absolute Gasteiger partial charge is 0.246 e.